The van der Waals surface area contributed by atoms with Crippen molar-refractivity contribution >= 4 is 12.0 Å². The zero-order valence-electron chi connectivity index (χ0n) is 11.6. The second-order valence-electron chi connectivity index (χ2n) is 4.72. The maximum Gasteiger partial charge on any atom is 0.326 e. The Balaban J connectivity index is 2.25. The summed E-state index contributed by atoms with van der Waals surface area (Å²) in [4.78, 5) is 26.3. The van der Waals surface area contributed by atoms with Gasteiger partial charge in [-0.05, 0) is 19.9 Å². The number of aliphatic carboxylic acids is 1. The minimum Gasteiger partial charge on any atom is -0.480 e. The molecule has 2 amide bonds. The van der Waals surface area contributed by atoms with E-state index in [2.05, 4.69) is 5.32 Å². The van der Waals surface area contributed by atoms with Crippen molar-refractivity contribution in [2.45, 2.75) is 18.9 Å². The standard InChI is InChI=1S/C12H23N3O4/c1-14(8-9-19-2)7-5-13-12(18)15-6-3-4-10(15)11(16)17/h10H,3-9H2,1-2H3,(H,13,18)(H,16,17). The van der Waals surface area contributed by atoms with Crippen molar-refractivity contribution < 1.29 is 19.4 Å². The van der Waals surface area contributed by atoms with Gasteiger partial charge in [0, 0.05) is 33.3 Å². The Kier molecular flexibility index (Phi) is 6.58. The first-order valence-electron chi connectivity index (χ1n) is 6.51. The largest absolute Gasteiger partial charge is 0.480 e. The van der Waals surface area contributed by atoms with E-state index in [0.29, 0.717) is 32.7 Å². The van der Waals surface area contributed by atoms with Crippen LogP contribution in [0.5, 0.6) is 0 Å². The molecule has 0 aromatic heterocycles. The van der Waals surface area contributed by atoms with E-state index in [-0.39, 0.29) is 6.03 Å². The van der Waals surface area contributed by atoms with Crippen LogP contribution in [-0.2, 0) is 9.53 Å². The second-order valence-corrected chi connectivity index (χ2v) is 4.72. The normalized spacial score (nSPS) is 18.9. The number of methoxy groups -OCH3 is 1. The Morgan fingerprint density at radius 1 is 1.47 bits per heavy atom. The van der Waals surface area contributed by atoms with Gasteiger partial charge in [-0.25, -0.2) is 9.59 Å². The fourth-order valence-corrected chi connectivity index (χ4v) is 2.08. The molecule has 1 heterocycles. The number of hydrogen-bond acceptors (Lipinski definition) is 4. The maximum atomic E-state index is 11.9. The van der Waals surface area contributed by atoms with E-state index in [9.17, 15) is 9.59 Å². The third-order valence-electron chi connectivity index (χ3n) is 3.25. The molecule has 1 aliphatic heterocycles. The summed E-state index contributed by atoms with van der Waals surface area (Å²) in [6, 6.07) is -0.962. The van der Waals surface area contributed by atoms with Gasteiger partial charge in [-0.2, -0.15) is 0 Å². The average molecular weight is 273 g/mol. The number of likely N-dealkylation sites (tertiary alicyclic amines) is 1. The molecular formula is C12H23N3O4. The number of ether oxygens (including phenoxy) is 1. The van der Waals surface area contributed by atoms with E-state index in [4.69, 9.17) is 9.84 Å². The van der Waals surface area contributed by atoms with Gasteiger partial charge >= 0.3 is 12.0 Å². The van der Waals surface area contributed by atoms with Gasteiger partial charge in [-0.1, -0.05) is 0 Å². The quantitative estimate of drug-likeness (QED) is 0.672. The number of carbonyl (C=O) groups is 2. The fourth-order valence-electron chi connectivity index (χ4n) is 2.08. The molecule has 1 unspecified atom stereocenters. The number of rotatable bonds is 7. The topological polar surface area (TPSA) is 82.1 Å². The molecule has 0 aromatic carbocycles. The summed E-state index contributed by atoms with van der Waals surface area (Å²) >= 11 is 0. The predicted molar refractivity (Wildman–Crippen MR) is 70.1 cm³/mol. The Bertz CT molecular complexity index is 311. The number of likely N-dealkylation sites (N-methyl/N-ethyl adjacent to an activating group) is 1. The molecule has 1 fully saturated rings. The van der Waals surface area contributed by atoms with Crippen molar-refractivity contribution in [3.63, 3.8) is 0 Å². The third kappa shape index (κ3) is 5.04. The van der Waals surface area contributed by atoms with Crippen molar-refractivity contribution in [2.75, 3.05) is 46.9 Å². The van der Waals surface area contributed by atoms with Crippen molar-refractivity contribution in [3.8, 4) is 0 Å². The molecule has 1 saturated heterocycles. The van der Waals surface area contributed by atoms with Crippen LogP contribution in [-0.4, -0.2) is 79.9 Å². The molecule has 2 N–H and O–H groups in total. The van der Waals surface area contributed by atoms with Crippen LogP contribution in [0.25, 0.3) is 0 Å². The van der Waals surface area contributed by atoms with Gasteiger partial charge in [0.05, 0.1) is 6.61 Å². The van der Waals surface area contributed by atoms with Crippen LogP contribution in [0.2, 0.25) is 0 Å². The molecule has 19 heavy (non-hydrogen) atoms. The highest BCUT2D eigenvalue weighted by Crippen LogP contribution is 2.16. The summed E-state index contributed by atoms with van der Waals surface area (Å²) in [6.07, 6.45) is 1.29. The predicted octanol–water partition coefficient (Wildman–Crippen LogP) is -0.177. The molecule has 0 spiro atoms. The number of nitrogens with one attached hydrogen (secondary N) is 1. The van der Waals surface area contributed by atoms with Gasteiger partial charge in [0.2, 0.25) is 0 Å². The Labute approximate surface area is 113 Å². The summed E-state index contributed by atoms with van der Waals surface area (Å²) in [6.45, 7) is 3.18. The van der Waals surface area contributed by atoms with Gasteiger partial charge in [-0.3, -0.25) is 0 Å². The first-order valence-corrected chi connectivity index (χ1v) is 6.51. The highest BCUT2D eigenvalue weighted by atomic mass is 16.5. The molecule has 110 valence electrons. The third-order valence-corrected chi connectivity index (χ3v) is 3.25. The van der Waals surface area contributed by atoms with Crippen LogP contribution in [0.15, 0.2) is 0 Å². The molecule has 0 bridgehead atoms. The summed E-state index contributed by atoms with van der Waals surface area (Å²) in [5.41, 5.74) is 0. The first kappa shape index (κ1) is 15.7. The molecule has 1 atom stereocenters. The van der Waals surface area contributed by atoms with Crippen LogP contribution in [0, 0.1) is 0 Å². The number of amides is 2. The minimum atomic E-state index is -0.926. The summed E-state index contributed by atoms with van der Waals surface area (Å²) in [7, 11) is 3.59. The molecule has 0 aromatic rings. The monoisotopic (exact) mass is 273 g/mol. The van der Waals surface area contributed by atoms with E-state index >= 15 is 0 Å². The van der Waals surface area contributed by atoms with E-state index in [1.165, 1.54) is 4.90 Å². The Hall–Kier alpha value is -1.34. The highest BCUT2D eigenvalue weighted by molar-refractivity contribution is 5.83. The van der Waals surface area contributed by atoms with E-state index < -0.39 is 12.0 Å². The number of carboxylic acid groups (broad SMARTS) is 1. The van der Waals surface area contributed by atoms with Gasteiger partial charge in [0.25, 0.3) is 0 Å². The van der Waals surface area contributed by atoms with Crippen molar-refractivity contribution in [1.82, 2.24) is 15.1 Å². The molecule has 0 aliphatic carbocycles. The molecule has 7 nitrogen and oxygen atoms in total. The molecule has 0 saturated carbocycles. The summed E-state index contributed by atoms with van der Waals surface area (Å²) < 4.78 is 4.96. The van der Waals surface area contributed by atoms with Crippen LogP contribution in [0.3, 0.4) is 0 Å². The number of nitrogens with zero attached hydrogens (tertiary/aromatic N) is 2. The Morgan fingerprint density at radius 3 is 2.84 bits per heavy atom. The van der Waals surface area contributed by atoms with Gasteiger partial charge in [0.1, 0.15) is 6.04 Å². The maximum absolute atomic E-state index is 11.9. The SMILES string of the molecule is COCCN(C)CCNC(=O)N1CCCC1C(=O)O. The van der Waals surface area contributed by atoms with Crippen LogP contribution in [0.1, 0.15) is 12.8 Å². The summed E-state index contributed by atoms with van der Waals surface area (Å²) in [5.74, 6) is -0.926. The number of carboxylic acids is 1. The molecule has 0 radical (unpaired) electrons. The van der Waals surface area contributed by atoms with Crippen molar-refractivity contribution in [3.05, 3.63) is 0 Å². The molecule has 1 rings (SSSR count). The molecular weight excluding hydrogens is 250 g/mol. The lowest BCUT2D eigenvalue weighted by Gasteiger charge is -2.23. The zero-order valence-corrected chi connectivity index (χ0v) is 11.6. The van der Waals surface area contributed by atoms with E-state index in [1.807, 2.05) is 11.9 Å². The number of urea groups is 1. The zero-order chi connectivity index (χ0) is 14.3. The molecule has 7 heteroatoms. The van der Waals surface area contributed by atoms with Crippen molar-refractivity contribution in [1.29, 1.82) is 0 Å². The van der Waals surface area contributed by atoms with E-state index in [0.717, 1.165) is 13.0 Å². The highest BCUT2D eigenvalue weighted by Gasteiger charge is 2.33. The van der Waals surface area contributed by atoms with Crippen LogP contribution >= 0.6 is 0 Å². The van der Waals surface area contributed by atoms with Crippen LogP contribution < -0.4 is 5.32 Å². The van der Waals surface area contributed by atoms with Crippen molar-refractivity contribution in [2.24, 2.45) is 0 Å². The van der Waals surface area contributed by atoms with Gasteiger partial charge in [-0.15, -0.1) is 0 Å². The number of hydrogen-bond donors (Lipinski definition) is 2. The van der Waals surface area contributed by atoms with E-state index in [1.54, 1.807) is 7.11 Å². The lowest BCUT2D eigenvalue weighted by atomic mass is 10.2. The summed E-state index contributed by atoms with van der Waals surface area (Å²) in [5, 5.41) is 11.8. The minimum absolute atomic E-state index is 0.287. The molecule has 1 aliphatic rings. The fraction of sp³-hybridized carbons (Fsp3) is 0.833. The van der Waals surface area contributed by atoms with Gasteiger partial charge in [0.15, 0.2) is 0 Å². The second kappa shape index (κ2) is 7.96. The smallest absolute Gasteiger partial charge is 0.326 e. The first-order chi connectivity index (χ1) is 9.06. The average Bonchev–Trinajstić information content (AvgIpc) is 2.85. The lowest BCUT2D eigenvalue weighted by Crippen LogP contribution is -2.47. The Morgan fingerprint density at radius 2 is 2.21 bits per heavy atom. The van der Waals surface area contributed by atoms with Crippen LogP contribution in [0.4, 0.5) is 4.79 Å². The number of carbonyl (C=O) groups excluding carboxylic acids is 1. The lowest BCUT2D eigenvalue weighted by molar-refractivity contribution is -0.141. The van der Waals surface area contributed by atoms with Gasteiger partial charge < -0.3 is 25.0 Å².